The number of Topliss-reactive ketones (excluding diaryl/α,β-unsaturated/α-hetero) is 1. The topological polar surface area (TPSA) is 64.3 Å². The molecule has 0 spiro atoms. The fraction of sp³-hybridized carbons (Fsp3) is 0.133. The minimum atomic E-state index is -0.376. The van der Waals surface area contributed by atoms with Crippen molar-refractivity contribution in [2.75, 3.05) is 18.2 Å². The molecular formula is C15H15FN2O2. The molecule has 0 bridgehead atoms. The van der Waals surface area contributed by atoms with Gasteiger partial charge < -0.3 is 15.8 Å². The Morgan fingerprint density at radius 2 is 2.00 bits per heavy atom. The molecule has 5 heteroatoms. The molecule has 0 unspecified atom stereocenters. The summed E-state index contributed by atoms with van der Waals surface area (Å²) < 4.78 is 18.2. The van der Waals surface area contributed by atoms with Gasteiger partial charge in [-0.2, -0.15) is 0 Å². The fourth-order valence-electron chi connectivity index (χ4n) is 1.88. The predicted molar refractivity (Wildman–Crippen MR) is 77.1 cm³/mol. The lowest BCUT2D eigenvalue weighted by Gasteiger charge is -2.12. The molecule has 0 radical (unpaired) electrons. The van der Waals surface area contributed by atoms with Crippen LogP contribution in [0.1, 0.15) is 17.3 Å². The van der Waals surface area contributed by atoms with Crippen molar-refractivity contribution in [1.29, 1.82) is 0 Å². The molecule has 4 nitrogen and oxygen atoms in total. The highest BCUT2D eigenvalue weighted by atomic mass is 19.1. The Balaban J connectivity index is 2.31. The van der Waals surface area contributed by atoms with Gasteiger partial charge in [0.15, 0.2) is 5.78 Å². The molecule has 0 amide bonds. The van der Waals surface area contributed by atoms with E-state index in [1.165, 1.54) is 26.2 Å². The number of nitrogens with one attached hydrogen (secondary N) is 1. The summed E-state index contributed by atoms with van der Waals surface area (Å²) in [6.07, 6.45) is 0. The zero-order valence-electron chi connectivity index (χ0n) is 11.2. The van der Waals surface area contributed by atoms with E-state index in [4.69, 9.17) is 10.5 Å². The highest BCUT2D eigenvalue weighted by Gasteiger charge is 2.08. The third-order valence-corrected chi connectivity index (χ3v) is 2.87. The van der Waals surface area contributed by atoms with Crippen molar-refractivity contribution in [3.05, 3.63) is 47.8 Å². The number of carbonyl (C=O) groups is 1. The van der Waals surface area contributed by atoms with Crippen LogP contribution in [0, 0.1) is 5.82 Å². The zero-order valence-corrected chi connectivity index (χ0v) is 11.2. The van der Waals surface area contributed by atoms with Crippen LogP contribution in [0.5, 0.6) is 5.75 Å². The number of carbonyl (C=O) groups excluding carboxylic acids is 1. The van der Waals surface area contributed by atoms with Crippen LogP contribution in [-0.4, -0.2) is 12.9 Å². The van der Waals surface area contributed by atoms with E-state index in [2.05, 4.69) is 5.32 Å². The summed E-state index contributed by atoms with van der Waals surface area (Å²) in [7, 11) is 1.47. The van der Waals surface area contributed by atoms with Crippen molar-refractivity contribution < 1.29 is 13.9 Å². The maximum atomic E-state index is 13.1. The number of hydrogen-bond donors (Lipinski definition) is 2. The minimum absolute atomic E-state index is 0.0894. The Hall–Kier alpha value is -2.56. The number of ketones is 1. The summed E-state index contributed by atoms with van der Waals surface area (Å²) in [6.45, 7) is 1.46. The molecule has 2 aromatic rings. The van der Waals surface area contributed by atoms with E-state index in [1.807, 2.05) is 0 Å². The van der Waals surface area contributed by atoms with Crippen LogP contribution in [0.25, 0.3) is 0 Å². The summed E-state index contributed by atoms with van der Waals surface area (Å²) in [6, 6.07) is 9.22. The van der Waals surface area contributed by atoms with E-state index in [-0.39, 0.29) is 11.6 Å². The summed E-state index contributed by atoms with van der Waals surface area (Å²) in [5.41, 5.74) is 7.99. The lowest BCUT2D eigenvalue weighted by molar-refractivity contribution is 0.101. The maximum absolute atomic E-state index is 13.1. The third kappa shape index (κ3) is 2.88. The molecule has 0 aliphatic rings. The Bertz CT molecular complexity index is 656. The van der Waals surface area contributed by atoms with Gasteiger partial charge in [0, 0.05) is 23.0 Å². The van der Waals surface area contributed by atoms with Gasteiger partial charge in [-0.25, -0.2) is 4.39 Å². The Labute approximate surface area is 116 Å². The molecule has 0 fully saturated rings. The van der Waals surface area contributed by atoms with Crippen LogP contribution in [0.3, 0.4) is 0 Å². The summed E-state index contributed by atoms with van der Waals surface area (Å²) in [4.78, 5) is 11.3. The van der Waals surface area contributed by atoms with Gasteiger partial charge >= 0.3 is 0 Å². The minimum Gasteiger partial charge on any atom is -0.494 e. The Kier molecular flexibility index (Phi) is 3.89. The number of nitrogen functional groups attached to an aromatic ring is 1. The number of halogens is 1. The number of benzene rings is 2. The smallest absolute Gasteiger partial charge is 0.161 e. The molecule has 104 valence electrons. The molecule has 2 aromatic carbocycles. The predicted octanol–water partition coefficient (Wildman–Crippen LogP) is 3.36. The largest absolute Gasteiger partial charge is 0.494 e. The highest BCUT2D eigenvalue weighted by molar-refractivity contribution is 5.99. The molecule has 0 aliphatic carbocycles. The van der Waals surface area contributed by atoms with Gasteiger partial charge in [0.05, 0.1) is 12.8 Å². The number of ether oxygens (including phenoxy) is 1. The van der Waals surface area contributed by atoms with Crippen LogP contribution in [0.15, 0.2) is 36.4 Å². The lowest BCUT2D eigenvalue weighted by atomic mass is 10.1. The second-order valence-electron chi connectivity index (χ2n) is 4.33. The maximum Gasteiger partial charge on any atom is 0.161 e. The van der Waals surface area contributed by atoms with Gasteiger partial charge in [-0.15, -0.1) is 0 Å². The molecule has 3 N–H and O–H groups in total. The van der Waals surface area contributed by atoms with Crippen LogP contribution in [0.4, 0.5) is 21.5 Å². The zero-order chi connectivity index (χ0) is 14.7. The monoisotopic (exact) mass is 274 g/mol. The van der Waals surface area contributed by atoms with Crippen molar-refractivity contribution in [2.24, 2.45) is 0 Å². The van der Waals surface area contributed by atoms with Crippen LogP contribution < -0.4 is 15.8 Å². The van der Waals surface area contributed by atoms with Gasteiger partial charge in [0.25, 0.3) is 0 Å². The van der Waals surface area contributed by atoms with Crippen molar-refractivity contribution in [2.45, 2.75) is 6.92 Å². The molecule has 2 rings (SSSR count). The summed E-state index contributed by atoms with van der Waals surface area (Å²) in [5, 5.41) is 3.07. The number of hydrogen-bond acceptors (Lipinski definition) is 4. The Morgan fingerprint density at radius 1 is 1.25 bits per heavy atom. The summed E-state index contributed by atoms with van der Waals surface area (Å²) >= 11 is 0. The van der Waals surface area contributed by atoms with Crippen LogP contribution in [0.2, 0.25) is 0 Å². The fourth-order valence-corrected chi connectivity index (χ4v) is 1.88. The first-order valence-corrected chi connectivity index (χ1v) is 6.02. The lowest BCUT2D eigenvalue weighted by Crippen LogP contribution is -2.01. The molecule has 0 saturated heterocycles. The molecule has 0 heterocycles. The van der Waals surface area contributed by atoms with Crippen molar-refractivity contribution in [3.63, 3.8) is 0 Å². The molecule has 0 atom stereocenters. The normalized spacial score (nSPS) is 10.2. The Morgan fingerprint density at radius 3 is 2.60 bits per heavy atom. The average molecular weight is 274 g/mol. The first-order valence-electron chi connectivity index (χ1n) is 6.02. The van der Waals surface area contributed by atoms with Crippen molar-refractivity contribution >= 4 is 22.8 Å². The van der Waals surface area contributed by atoms with Crippen molar-refractivity contribution in [1.82, 2.24) is 0 Å². The van der Waals surface area contributed by atoms with Gasteiger partial charge in [0.1, 0.15) is 11.6 Å². The van der Waals surface area contributed by atoms with E-state index in [0.29, 0.717) is 28.4 Å². The standard InChI is InChI=1S/C15H15FN2O2/c1-9(19)12-5-4-11(8-13(12)17)18-14-6-3-10(16)7-15(14)20-2/h3-8,18H,17H2,1-2H3. The van der Waals surface area contributed by atoms with Gasteiger partial charge in [-0.05, 0) is 37.3 Å². The van der Waals surface area contributed by atoms with Gasteiger partial charge in [0.2, 0.25) is 0 Å². The second kappa shape index (κ2) is 5.61. The average Bonchev–Trinajstić information content (AvgIpc) is 2.40. The number of anilines is 3. The highest BCUT2D eigenvalue weighted by Crippen LogP contribution is 2.29. The van der Waals surface area contributed by atoms with E-state index >= 15 is 0 Å². The molecule has 20 heavy (non-hydrogen) atoms. The molecule has 0 saturated carbocycles. The number of methoxy groups -OCH3 is 1. The second-order valence-corrected chi connectivity index (χ2v) is 4.33. The van der Waals surface area contributed by atoms with Gasteiger partial charge in [-0.3, -0.25) is 4.79 Å². The molecule has 0 aliphatic heterocycles. The first kappa shape index (κ1) is 13.9. The third-order valence-electron chi connectivity index (χ3n) is 2.87. The number of rotatable bonds is 4. The van der Waals surface area contributed by atoms with E-state index in [1.54, 1.807) is 24.3 Å². The SMILES string of the molecule is COc1cc(F)ccc1Nc1ccc(C(C)=O)c(N)c1. The van der Waals surface area contributed by atoms with Crippen LogP contribution >= 0.6 is 0 Å². The summed E-state index contributed by atoms with van der Waals surface area (Å²) in [5.74, 6) is -0.0773. The molecule has 0 aromatic heterocycles. The van der Waals surface area contributed by atoms with Crippen LogP contribution in [-0.2, 0) is 0 Å². The van der Waals surface area contributed by atoms with Crippen molar-refractivity contribution in [3.8, 4) is 5.75 Å². The number of nitrogens with two attached hydrogens (primary N) is 1. The van der Waals surface area contributed by atoms with E-state index in [0.717, 1.165) is 0 Å². The molecular weight excluding hydrogens is 259 g/mol. The van der Waals surface area contributed by atoms with Gasteiger partial charge in [-0.1, -0.05) is 0 Å². The first-order chi connectivity index (χ1) is 9.51. The van der Waals surface area contributed by atoms with E-state index < -0.39 is 0 Å². The quantitative estimate of drug-likeness (QED) is 0.662. The van der Waals surface area contributed by atoms with E-state index in [9.17, 15) is 9.18 Å².